The number of para-hydroxylation sites is 2. The van der Waals surface area contributed by atoms with Crippen molar-refractivity contribution in [2.24, 2.45) is 0 Å². The molecule has 1 saturated carbocycles. The van der Waals surface area contributed by atoms with Crippen molar-refractivity contribution < 1.29 is 23.9 Å². The fourth-order valence-corrected chi connectivity index (χ4v) is 4.46. The van der Waals surface area contributed by atoms with Gasteiger partial charge in [0.15, 0.2) is 6.61 Å². The molecule has 0 saturated heterocycles. The molecule has 0 spiro atoms. The fraction of sp³-hybridized carbons (Fsp3) is 0.250. The van der Waals surface area contributed by atoms with Gasteiger partial charge in [-0.05, 0) is 54.8 Å². The highest BCUT2D eigenvalue weighted by Crippen LogP contribution is 2.42. The molecule has 1 aliphatic rings. The molecule has 0 heterocycles. The lowest BCUT2D eigenvalue weighted by molar-refractivity contribution is -0.153. The third kappa shape index (κ3) is 5.51. The third-order valence-electron chi connectivity index (χ3n) is 6.29. The molecule has 7 heteroatoms. The molecule has 2 amide bonds. The normalized spacial score (nSPS) is 14.1. The van der Waals surface area contributed by atoms with E-state index in [2.05, 4.69) is 10.6 Å². The van der Waals surface area contributed by atoms with Crippen molar-refractivity contribution >= 4 is 29.2 Å². The summed E-state index contributed by atoms with van der Waals surface area (Å²) in [7, 11) is 1.54. The van der Waals surface area contributed by atoms with E-state index in [1.165, 1.54) is 7.11 Å². The van der Waals surface area contributed by atoms with E-state index >= 15 is 0 Å². The van der Waals surface area contributed by atoms with Crippen LogP contribution in [0.3, 0.4) is 0 Å². The zero-order valence-corrected chi connectivity index (χ0v) is 19.6. The van der Waals surface area contributed by atoms with Crippen molar-refractivity contribution in [3.05, 3.63) is 90.0 Å². The number of methoxy groups -OCH3 is 1. The number of amides is 2. The van der Waals surface area contributed by atoms with Crippen molar-refractivity contribution in [2.45, 2.75) is 31.1 Å². The summed E-state index contributed by atoms with van der Waals surface area (Å²) in [5.41, 5.74) is 1.74. The molecule has 3 aromatic carbocycles. The number of nitrogens with one attached hydrogen (secondary N) is 2. The average Bonchev–Trinajstić information content (AvgIpc) is 3.40. The van der Waals surface area contributed by atoms with Crippen LogP contribution in [0.5, 0.6) is 5.75 Å². The van der Waals surface area contributed by atoms with Gasteiger partial charge in [-0.25, -0.2) is 0 Å². The summed E-state index contributed by atoms with van der Waals surface area (Å²) < 4.78 is 10.7. The Kier molecular flexibility index (Phi) is 7.45. The molecule has 0 bridgehead atoms. The Hall–Kier alpha value is -4.13. The van der Waals surface area contributed by atoms with Crippen LogP contribution in [0.4, 0.5) is 11.4 Å². The molecule has 0 aliphatic heterocycles. The van der Waals surface area contributed by atoms with Crippen molar-refractivity contribution in [2.75, 3.05) is 24.4 Å². The number of hydrogen-bond acceptors (Lipinski definition) is 5. The van der Waals surface area contributed by atoms with Gasteiger partial charge in [0.05, 0.1) is 18.2 Å². The van der Waals surface area contributed by atoms with Crippen LogP contribution in [0.15, 0.2) is 78.9 Å². The van der Waals surface area contributed by atoms with Gasteiger partial charge in [0, 0.05) is 11.3 Å². The molecule has 1 fully saturated rings. The minimum atomic E-state index is -0.683. The molecule has 2 N–H and O–H groups in total. The Bertz CT molecular complexity index is 1190. The summed E-state index contributed by atoms with van der Waals surface area (Å²) in [5.74, 6) is -0.541. The van der Waals surface area contributed by atoms with Crippen LogP contribution in [-0.2, 0) is 19.7 Å². The molecule has 1 aliphatic carbocycles. The highest BCUT2D eigenvalue weighted by atomic mass is 16.5. The topological polar surface area (TPSA) is 93.7 Å². The number of benzene rings is 3. The van der Waals surface area contributed by atoms with Crippen LogP contribution in [0.25, 0.3) is 0 Å². The van der Waals surface area contributed by atoms with Gasteiger partial charge < -0.3 is 20.1 Å². The third-order valence-corrected chi connectivity index (χ3v) is 6.29. The number of carbonyl (C=O) groups is 3. The van der Waals surface area contributed by atoms with Crippen molar-refractivity contribution in [3.8, 4) is 5.75 Å². The highest BCUT2D eigenvalue weighted by molar-refractivity contribution is 6.05. The van der Waals surface area contributed by atoms with Crippen molar-refractivity contribution in [1.29, 1.82) is 0 Å². The first-order valence-electron chi connectivity index (χ1n) is 11.6. The van der Waals surface area contributed by atoms with E-state index < -0.39 is 11.3 Å². The standard InChI is InChI=1S/C28H28N2O5/c1-34-24-12-6-5-11-23(24)30-26(32)20-13-15-22(16-14-20)29-25(31)19-35-27(33)28(17-7-8-18-28)21-9-3-2-4-10-21/h2-6,9-16H,7-8,17-19H2,1H3,(H,29,31)(H,30,32). The molecule has 7 nitrogen and oxygen atoms in total. The number of carbonyl (C=O) groups excluding carboxylic acids is 3. The smallest absolute Gasteiger partial charge is 0.317 e. The Morgan fingerprint density at radius 2 is 1.49 bits per heavy atom. The molecule has 4 rings (SSSR count). The molecule has 35 heavy (non-hydrogen) atoms. The van der Waals surface area contributed by atoms with Gasteiger partial charge in [-0.2, -0.15) is 0 Å². The Morgan fingerprint density at radius 3 is 2.17 bits per heavy atom. The van der Waals surface area contributed by atoms with Crippen molar-refractivity contribution in [3.63, 3.8) is 0 Å². The monoisotopic (exact) mass is 472 g/mol. The number of rotatable bonds is 8. The molecule has 0 radical (unpaired) electrons. The summed E-state index contributed by atoms with van der Waals surface area (Å²) in [4.78, 5) is 38.0. The Balaban J connectivity index is 1.32. The quantitative estimate of drug-likeness (QED) is 0.453. The van der Waals surface area contributed by atoms with Crippen molar-refractivity contribution in [1.82, 2.24) is 0 Å². The molecule has 0 atom stereocenters. The first-order chi connectivity index (χ1) is 17.0. The van der Waals surface area contributed by atoms with Gasteiger partial charge in [0.2, 0.25) is 0 Å². The molecule has 3 aromatic rings. The van der Waals surface area contributed by atoms with Crippen LogP contribution in [-0.4, -0.2) is 31.5 Å². The molecule has 0 aromatic heterocycles. The maximum absolute atomic E-state index is 13.0. The van der Waals surface area contributed by atoms with Gasteiger partial charge in [-0.15, -0.1) is 0 Å². The molecule has 0 unspecified atom stereocenters. The van der Waals surface area contributed by atoms with E-state index in [0.29, 0.717) is 22.7 Å². The lowest BCUT2D eigenvalue weighted by atomic mass is 9.79. The fourth-order valence-electron chi connectivity index (χ4n) is 4.46. The molecule has 180 valence electrons. The van der Waals surface area contributed by atoms with Crippen LogP contribution in [0.1, 0.15) is 41.6 Å². The predicted molar refractivity (Wildman–Crippen MR) is 134 cm³/mol. The zero-order chi connectivity index (χ0) is 24.7. The number of ether oxygens (including phenoxy) is 2. The van der Waals surface area contributed by atoms with Crippen LogP contribution in [0.2, 0.25) is 0 Å². The Labute approximate surface area is 204 Å². The SMILES string of the molecule is COc1ccccc1NC(=O)c1ccc(NC(=O)COC(=O)C2(c3ccccc3)CCCC2)cc1. The first-order valence-corrected chi connectivity index (χ1v) is 11.6. The summed E-state index contributed by atoms with van der Waals surface area (Å²) in [6.45, 7) is -0.372. The van der Waals surface area contributed by atoms with Gasteiger partial charge in [0.1, 0.15) is 5.75 Å². The second kappa shape index (κ2) is 10.9. The van der Waals surface area contributed by atoms with E-state index in [9.17, 15) is 14.4 Å². The number of esters is 1. The minimum absolute atomic E-state index is 0.302. The second-order valence-corrected chi connectivity index (χ2v) is 8.51. The highest BCUT2D eigenvalue weighted by Gasteiger charge is 2.44. The van der Waals surface area contributed by atoms with E-state index in [4.69, 9.17) is 9.47 Å². The van der Waals surface area contributed by atoms with E-state index in [-0.39, 0.29) is 18.5 Å². The number of anilines is 2. The van der Waals surface area contributed by atoms with E-state index in [1.54, 1.807) is 42.5 Å². The van der Waals surface area contributed by atoms with Gasteiger partial charge in [-0.3, -0.25) is 14.4 Å². The summed E-state index contributed by atoms with van der Waals surface area (Å²) in [5, 5.41) is 5.51. The van der Waals surface area contributed by atoms with E-state index in [1.807, 2.05) is 36.4 Å². The second-order valence-electron chi connectivity index (χ2n) is 8.51. The zero-order valence-electron chi connectivity index (χ0n) is 19.6. The van der Waals surface area contributed by atoms with Gasteiger partial charge in [-0.1, -0.05) is 55.3 Å². The van der Waals surface area contributed by atoms with Crippen LogP contribution < -0.4 is 15.4 Å². The summed E-state index contributed by atoms with van der Waals surface area (Å²) >= 11 is 0. The summed E-state index contributed by atoms with van der Waals surface area (Å²) in [6.07, 6.45) is 3.34. The van der Waals surface area contributed by atoms with E-state index in [0.717, 1.165) is 31.2 Å². The predicted octanol–water partition coefficient (Wildman–Crippen LogP) is 4.94. The van der Waals surface area contributed by atoms with Crippen LogP contribution >= 0.6 is 0 Å². The maximum Gasteiger partial charge on any atom is 0.317 e. The lowest BCUT2D eigenvalue weighted by Crippen LogP contribution is -2.36. The minimum Gasteiger partial charge on any atom is -0.495 e. The number of hydrogen-bond donors (Lipinski definition) is 2. The largest absolute Gasteiger partial charge is 0.495 e. The van der Waals surface area contributed by atoms with Gasteiger partial charge in [0.25, 0.3) is 11.8 Å². The van der Waals surface area contributed by atoms with Crippen LogP contribution in [0, 0.1) is 0 Å². The summed E-state index contributed by atoms with van der Waals surface area (Å²) in [6, 6.07) is 23.2. The molecular weight excluding hydrogens is 444 g/mol. The lowest BCUT2D eigenvalue weighted by Gasteiger charge is -2.27. The molecular formula is C28H28N2O5. The van der Waals surface area contributed by atoms with Gasteiger partial charge >= 0.3 is 5.97 Å². The first kappa shape index (κ1) is 24.0. The maximum atomic E-state index is 13.0. The average molecular weight is 473 g/mol. The Morgan fingerprint density at radius 1 is 0.829 bits per heavy atom.